The van der Waals surface area contributed by atoms with Crippen LogP contribution < -0.4 is 10.2 Å². The van der Waals surface area contributed by atoms with E-state index in [0.717, 1.165) is 36.9 Å². The van der Waals surface area contributed by atoms with Crippen molar-refractivity contribution in [3.05, 3.63) is 57.5 Å². The Morgan fingerprint density at radius 3 is 2.12 bits per heavy atom. The van der Waals surface area contributed by atoms with E-state index in [1.54, 1.807) is 18.2 Å². The molecule has 1 amide bonds. The van der Waals surface area contributed by atoms with Crippen molar-refractivity contribution in [2.24, 2.45) is 0 Å². The van der Waals surface area contributed by atoms with Crippen LogP contribution in [0, 0.1) is 0 Å². The van der Waals surface area contributed by atoms with Gasteiger partial charge in [-0.25, -0.2) is 0 Å². The summed E-state index contributed by atoms with van der Waals surface area (Å²) in [6.45, 7) is 3.52. The average Bonchev–Trinajstić information content (AvgIpc) is 2.60. The van der Waals surface area contributed by atoms with Crippen LogP contribution in [0.15, 0.2) is 42.5 Å². The van der Waals surface area contributed by atoms with E-state index in [4.69, 9.17) is 34.8 Å². The number of anilines is 2. The molecule has 7 heteroatoms. The van der Waals surface area contributed by atoms with Crippen LogP contribution in [0.5, 0.6) is 0 Å². The topological polar surface area (TPSA) is 35.6 Å². The molecule has 2 aromatic rings. The average molecular weight is 399 g/mol. The van der Waals surface area contributed by atoms with Crippen LogP contribution in [-0.2, 0) is 4.79 Å². The molecule has 1 saturated heterocycles. The van der Waals surface area contributed by atoms with Gasteiger partial charge >= 0.3 is 0 Å². The molecule has 0 aliphatic carbocycles. The summed E-state index contributed by atoms with van der Waals surface area (Å²) in [7, 11) is 0. The van der Waals surface area contributed by atoms with Gasteiger partial charge in [0.15, 0.2) is 0 Å². The zero-order valence-corrected chi connectivity index (χ0v) is 15.8. The summed E-state index contributed by atoms with van der Waals surface area (Å²) in [5.74, 6) is -0.124. The Kier molecular flexibility index (Phi) is 6.07. The van der Waals surface area contributed by atoms with Gasteiger partial charge in [0.1, 0.15) is 0 Å². The smallest absolute Gasteiger partial charge is 0.238 e. The number of piperazine rings is 1. The molecule has 1 heterocycles. The van der Waals surface area contributed by atoms with E-state index >= 15 is 0 Å². The molecule has 1 aliphatic heterocycles. The largest absolute Gasteiger partial charge is 0.368 e. The zero-order chi connectivity index (χ0) is 17.8. The highest BCUT2D eigenvalue weighted by atomic mass is 35.5. The number of rotatable bonds is 4. The first-order valence-electron chi connectivity index (χ1n) is 8.00. The van der Waals surface area contributed by atoms with E-state index in [1.165, 1.54) is 0 Å². The molecule has 1 N–H and O–H groups in total. The number of benzene rings is 2. The minimum absolute atomic E-state index is 0.124. The van der Waals surface area contributed by atoms with Gasteiger partial charge in [-0.2, -0.15) is 0 Å². The van der Waals surface area contributed by atoms with Gasteiger partial charge in [0.2, 0.25) is 5.91 Å². The lowest BCUT2D eigenvalue weighted by Crippen LogP contribution is -2.48. The van der Waals surface area contributed by atoms with Crippen molar-refractivity contribution in [3.8, 4) is 0 Å². The molecule has 0 radical (unpaired) electrons. The summed E-state index contributed by atoms with van der Waals surface area (Å²) in [5, 5.41) is 4.42. The minimum atomic E-state index is -0.124. The van der Waals surface area contributed by atoms with Crippen LogP contribution in [0.2, 0.25) is 15.1 Å². The highest BCUT2D eigenvalue weighted by Crippen LogP contribution is 2.30. The molecule has 2 aromatic carbocycles. The molecule has 3 rings (SSSR count). The summed E-state index contributed by atoms with van der Waals surface area (Å²) >= 11 is 18.4. The Hall–Kier alpha value is -1.46. The van der Waals surface area contributed by atoms with Crippen molar-refractivity contribution in [3.63, 3.8) is 0 Å². The number of carbonyl (C=O) groups is 1. The number of amides is 1. The molecular formula is C18H18Cl3N3O. The number of nitrogens with zero attached hydrogens (tertiary/aromatic N) is 2. The van der Waals surface area contributed by atoms with Crippen molar-refractivity contribution in [2.45, 2.75) is 0 Å². The van der Waals surface area contributed by atoms with Crippen molar-refractivity contribution in [2.75, 3.05) is 42.9 Å². The third kappa shape index (κ3) is 4.59. The zero-order valence-electron chi connectivity index (χ0n) is 13.5. The maximum atomic E-state index is 12.3. The Labute approximate surface area is 162 Å². The standard InChI is InChI=1S/C18H18Cl3N3O/c19-13-4-1-2-7-16(13)24-10-8-23(9-11-24)12-17(25)22-18-14(20)5-3-6-15(18)21/h1-7H,8-12H2,(H,22,25). The Bertz CT molecular complexity index is 741. The van der Waals surface area contributed by atoms with E-state index in [0.29, 0.717) is 22.3 Å². The fourth-order valence-electron chi connectivity index (χ4n) is 2.85. The molecule has 0 aromatic heterocycles. The second-order valence-corrected chi connectivity index (χ2v) is 7.08. The van der Waals surface area contributed by atoms with Gasteiger partial charge in [-0.05, 0) is 24.3 Å². The second-order valence-electron chi connectivity index (χ2n) is 5.86. The Balaban J connectivity index is 1.54. The molecule has 132 valence electrons. The van der Waals surface area contributed by atoms with Gasteiger partial charge in [0.25, 0.3) is 0 Å². The number of carbonyl (C=O) groups excluding carboxylic acids is 1. The second kappa shape index (κ2) is 8.28. The van der Waals surface area contributed by atoms with Crippen LogP contribution in [0.25, 0.3) is 0 Å². The van der Waals surface area contributed by atoms with E-state index in [-0.39, 0.29) is 5.91 Å². The van der Waals surface area contributed by atoms with Crippen LogP contribution in [0.3, 0.4) is 0 Å². The van der Waals surface area contributed by atoms with Crippen molar-refractivity contribution >= 4 is 52.1 Å². The molecule has 0 unspecified atom stereocenters. The third-order valence-electron chi connectivity index (χ3n) is 4.16. The number of hydrogen-bond donors (Lipinski definition) is 1. The lowest BCUT2D eigenvalue weighted by Gasteiger charge is -2.36. The van der Waals surface area contributed by atoms with E-state index in [1.807, 2.05) is 24.3 Å². The van der Waals surface area contributed by atoms with E-state index in [9.17, 15) is 4.79 Å². The normalized spacial score (nSPS) is 15.2. The number of hydrogen-bond acceptors (Lipinski definition) is 3. The van der Waals surface area contributed by atoms with Gasteiger partial charge in [0.05, 0.1) is 33.0 Å². The lowest BCUT2D eigenvalue weighted by molar-refractivity contribution is -0.117. The minimum Gasteiger partial charge on any atom is -0.368 e. The summed E-state index contributed by atoms with van der Waals surface area (Å²) in [6.07, 6.45) is 0. The highest BCUT2D eigenvalue weighted by molar-refractivity contribution is 6.39. The van der Waals surface area contributed by atoms with Crippen LogP contribution >= 0.6 is 34.8 Å². The number of halogens is 3. The molecule has 4 nitrogen and oxygen atoms in total. The predicted octanol–water partition coefficient (Wildman–Crippen LogP) is 4.41. The fraction of sp³-hybridized carbons (Fsp3) is 0.278. The first-order chi connectivity index (χ1) is 12.0. The first-order valence-corrected chi connectivity index (χ1v) is 9.13. The summed E-state index contributed by atoms with van der Waals surface area (Å²) < 4.78 is 0. The number of para-hydroxylation sites is 2. The maximum absolute atomic E-state index is 12.3. The Morgan fingerprint density at radius 1 is 0.880 bits per heavy atom. The SMILES string of the molecule is O=C(CN1CCN(c2ccccc2Cl)CC1)Nc1c(Cl)cccc1Cl. The summed E-state index contributed by atoms with van der Waals surface area (Å²) in [5.41, 5.74) is 1.50. The quantitative estimate of drug-likeness (QED) is 0.829. The van der Waals surface area contributed by atoms with Gasteiger partial charge in [0, 0.05) is 26.2 Å². The van der Waals surface area contributed by atoms with Crippen molar-refractivity contribution in [1.29, 1.82) is 0 Å². The third-order valence-corrected chi connectivity index (χ3v) is 5.11. The molecule has 0 atom stereocenters. The van der Waals surface area contributed by atoms with Gasteiger partial charge in [-0.1, -0.05) is 53.0 Å². The molecule has 0 bridgehead atoms. The van der Waals surface area contributed by atoms with Crippen molar-refractivity contribution < 1.29 is 4.79 Å². The molecule has 0 spiro atoms. The van der Waals surface area contributed by atoms with Gasteiger partial charge in [-0.3, -0.25) is 9.69 Å². The summed E-state index contributed by atoms with van der Waals surface area (Å²) in [6, 6.07) is 13.0. The van der Waals surface area contributed by atoms with Crippen molar-refractivity contribution in [1.82, 2.24) is 4.90 Å². The lowest BCUT2D eigenvalue weighted by atomic mass is 10.2. The van der Waals surface area contributed by atoms with E-state index in [2.05, 4.69) is 15.1 Å². The van der Waals surface area contributed by atoms with E-state index < -0.39 is 0 Å². The monoisotopic (exact) mass is 397 g/mol. The molecular weight excluding hydrogens is 381 g/mol. The molecule has 25 heavy (non-hydrogen) atoms. The fourth-order valence-corrected chi connectivity index (χ4v) is 3.60. The first kappa shape index (κ1) is 18.3. The highest BCUT2D eigenvalue weighted by Gasteiger charge is 2.21. The van der Waals surface area contributed by atoms with Crippen LogP contribution in [0.4, 0.5) is 11.4 Å². The van der Waals surface area contributed by atoms with Gasteiger partial charge < -0.3 is 10.2 Å². The van der Waals surface area contributed by atoms with Crippen LogP contribution in [0.1, 0.15) is 0 Å². The van der Waals surface area contributed by atoms with Crippen LogP contribution in [-0.4, -0.2) is 43.5 Å². The predicted molar refractivity (Wildman–Crippen MR) is 105 cm³/mol. The molecule has 1 aliphatic rings. The number of nitrogens with one attached hydrogen (secondary N) is 1. The summed E-state index contributed by atoms with van der Waals surface area (Å²) in [4.78, 5) is 16.6. The Morgan fingerprint density at radius 2 is 1.48 bits per heavy atom. The molecule has 1 fully saturated rings. The maximum Gasteiger partial charge on any atom is 0.238 e. The molecule has 0 saturated carbocycles. The van der Waals surface area contributed by atoms with Gasteiger partial charge in [-0.15, -0.1) is 0 Å².